The highest BCUT2D eigenvalue weighted by molar-refractivity contribution is 7.15. The molecule has 4 rings (SSSR count). The molecule has 2 heterocycles. The maximum Gasteiger partial charge on any atom is 0.296 e. The van der Waals surface area contributed by atoms with E-state index in [1.54, 1.807) is 13.2 Å². The van der Waals surface area contributed by atoms with E-state index in [0.717, 1.165) is 33.8 Å². The van der Waals surface area contributed by atoms with Crippen LogP contribution in [0.3, 0.4) is 0 Å². The van der Waals surface area contributed by atoms with Crippen LogP contribution in [0.5, 0.6) is 5.75 Å². The van der Waals surface area contributed by atoms with Gasteiger partial charge >= 0.3 is 0 Å². The van der Waals surface area contributed by atoms with E-state index in [-0.39, 0.29) is 11.3 Å². The minimum atomic E-state index is -0.418. The maximum absolute atomic E-state index is 12.7. The average molecular weight is 391 g/mol. The minimum absolute atomic E-state index is 0.236. The molecule has 0 saturated heterocycles. The van der Waals surface area contributed by atoms with E-state index in [2.05, 4.69) is 10.1 Å². The predicted molar refractivity (Wildman–Crippen MR) is 109 cm³/mol. The molecule has 2 aromatic carbocycles. The molecule has 6 nitrogen and oxygen atoms in total. The van der Waals surface area contributed by atoms with E-state index >= 15 is 0 Å². The summed E-state index contributed by atoms with van der Waals surface area (Å²) in [6.45, 7) is 2.01. The number of aryl methyl sites for hydroxylation is 1. The molecule has 0 atom stereocenters. The average Bonchev–Trinajstić information content (AvgIpc) is 2.99. The number of hydrogen-bond donors (Lipinski definition) is 0. The normalized spacial score (nSPS) is 11.9. The van der Waals surface area contributed by atoms with Crippen molar-refractivity contribution in [3.63, 3.8) is 0 Å². The third-order valence-electron chi connectivity index (χ3n) is 4.36. The number of aromatic nitrogens is 3. The smallest absolute Gasteiger partial charge is 0.296 e. The summed E-state index contributed by atoms with van der Waals surface area (Å²) < 4.78 is 6.84. The van der Waals surface area contributed by atoms with E-state index in [1.165, 1.54) is 4.52 Å². The van der Waals surface area contributed by atoms with Crippen molar-refractivity contribution in [1.82, 2.24) is 14.6 Å². The largest absolute Gasteiger partial charge is 0.497 e. The molecule has 0 aliphatic heterocycles. The summed E-state index contributed by atoms with van der Waals surface area (Å²) in [7, 11) is 1.60. The van der Waals surface area contributed by atoms with Crippen LogP contribution in [-0.2, 0) is 6.42 Å². The topological polar surface area (TPSA) is 73.6 Å². The Hall–Kier alpha value is -3.32. The lowest BCUT2D eigenvalue weighted by molar-refractivity contribution is 0.414. The number of nitrogens with zero attached hydrogens (tertiary/aromatic N) is 3. The van der Waals surface area contributed by atoms with Crippen molar-refractivity contribution in [1.29, 1.82) is 0 Å². The number of thiazole rings is 1. The molecule has 0 bridgehead atoms. The van der Waals surface area contributed by atoms with Gasteiger partial charge in [0.25, 0.3) is 11.1 Å². The van der Waals surface area contributed by atoms with Gasteiger partial charge in [0.05, 0.1) is 11.6 Å². The fourth-order valence-corrected chi connectivity index (χ4v) is 3.71. The zero-order valence-electron chi connectivity index (χ0n) is 15.4. The van der Waals surface area contributed by atoms with Crippen LogP contribution in [0.1, 0.15) is 22.4 Å². The number of fused-ring (bicyclic) bond motifs is 1. The number of benzene rings is 2. The number of rotatable bonds is 4. The molecule has 0 aliphatic rings. The van der Waals surface area contributed by atoms with Crippen LogP contribution < -0.4 is 20.4 Å². The molecule has 0 unspecified atom stereocenters. The summed E-state index contributed by atoms with van der Waals surface area (Å²) in [4.78, 5) is 29.4. The van der Waals surface area contributed by atoms with Gasteiger partial charge in [-0.3, -0.25) is 9.59 Å². The Kier molecular flexibility index (Phi) is 4.75. The van der Waals surface area contributed by atoms with Gasteiger partial charge in [-0.25, -0.2) is 0 Å². The standard InChI is InChI=1S/C21H17N3O3S/c1-13-3-5-15(6-4-13)12-18-20(26)24-21(28-18)22-19(25)17(23-24)11-14-7-9-16(27-2)10-8-14/h3-10,12H,11H2,1-2H3/b18-12+. The molecule has 140 valence electrons. The van der Waals surface area contributed by atoms with Gasteiger partial charge in [-0.2, -0.15) is 14.6 Å². The van der Waals surface area contributed by atoms with Crippen LogP contribution >= 0.6 is 11.3 Å². The van der Waals surface area contributed by atoms with Gasteiger partial charge < -0.3 is 4.74 Å². The molecule has 0 amide bonds. The highest BCUT2D eigenvalue weighted by atomic mass is 32.1. The molecule has 0 radical (unpaired) electrons. The summed E-state index contributed by atoms with van der Waals surface area (Å²) in [5.74, 6) is 0.734. The van der Waals surface area contributed by atoms with Crippen LogP contribution in [0.4, 0.5) is 0 Å². The number of hydrogen-bond acceptors (Lipinski definition) is 6. The van der Waals surface area contributed by atoms with Crippen molar-refractivity contribution in [3.05, 3.63) is 96.2 Å². The molecular formula is C21H17N3O3S. The van der Waals surface area contributed by atoms with Crippen LogP contribution in [0.25, 0.3) is 11.0 Å². The Morgan fingerprint density at radius 2 is 1.79 bits per heavy atom. The predicted octanol–water partition coefficient (Wildman–Crippen LogP) is 1.97. The van der Waals surface area contributed by atoms with Gasteiger partial charge in [0, 0.05) is 6.42 Å². The SMILES string of the molecule is COc1ccc(Cc2nn3c(=O)/c(=C\c4ccc(C)cc4)sc3nc2=O)cc1. The third kappa shape index (κ3) is 3.57. The minimum Gasteiger partial charge on any atom is -0.497 e. The molecule has 0 aliphatic carbocycles. The van der Waals surface area contributed by atoms with Crippen LogP contribution in [0, 0.1) is 6.92 Å². The second kappa shape index (κ2) is 7.36. The molecular weight excluding hydrogens is 374 g/mol. The van der Waals surface area contributed by atoms with Gasteiger partial charge in [0.2, 0.25) is 4.96 Å². The summed E-state index contributed by atoms with van der Waals surface area (Å²) in [6.07, 6.45) is 2.08. The van der Waals surface area contributed by atoms with Crippen LogP contribution in [0.2, 0.25) is 0 Å². The third-order valence-corrected chi connectivity index (χ3v) is 5.32. The van der Waals surface area contributed by atoms with Gasteiger partial charge in [-0.15, -0.1) is 0 Å². The summed E-state index contributed by atoms with van der Waals surface area (Å²) in [5.41, 5.74) is 2.49. The zero-order chi connectivity index (χ0) is 19.7. The van der Waals surface area contributed by atoms with Crippen molar-refractivity contribution < 1.29 is 4.74 Å². The maximum atomic E-state index is 12.7. The van der Waals surface area contributed by atoms with Crippen molar-refractivity contribution >= 4 is 22.4 Å². The second-order valence-electron chi connectivity index (χ2n) is 6.41. The lowest BCUT2D eigenvalue weighted by Crippen LogP contribution is -2.28. The van der Waals surface area contributed by atoms with Gasteiger partial charge in [0.1, 0.15) is 11.4 Å². The Bertz CT molecular complexity index is 1310. The zero-order valence-corrected chi connectivity index (χ0v) is 16.2. The van der Waals surface area contributed by atoms with Crippen LogP contribution in [0.15, 0.2) is 58.1 Å². The van der Waals surface area contributed by atoms with E-state index in [4.69, 9.17) is 4.74 Å². The fourth-order valence-electron chi connectivity index (χ4n) is 2.80. The quantitative estimate of drug-likeness (QED) is 0.532. The van der Waals surface area contributed by atoms with E-state index in [1.807, 2.05) is 55.5 Å². The summed E-state index contributed by atoms with van der Waals surface area (Å²) in [5, 5.41) is 4.28. The Balaban J connectivity index is 1.75. The first kappa shape index (κ1) is 18.1. The second-order valence-corrected chi connectivity index (χ2v) is 7.42. The lowest BCUT2D eigenvalue weighted by Gasteiger charge is -2.02. The monoisotopic (exact) mass is 391 g/mol. The van der Waals surface area contributed by atoms with E-state index < -0.39 is 5.56 Å². The molecule has 2 aromatic heterocycles. The summed E-state index contributed by atoms with van der Waals surface area (Å²) in [6, 6.07) is 15.2. The number of methoxy groups -OCH3 is 1. The summed E-state index contributed by atoms with van der Waals surface area (Å²) >= 11 is 1.16. The Morgan fingerprint density at radius 3 is 2.46 bits per heavy atom. The highest BCUT2D eigenvalue weighted by Gasteiger charge is 2.11. The van der Waals surface area contributed by atoms with Gasteiger partial charge in [-0.05, 0) is 36.3 Å². The molecule has 0 N–H and O–H groups in total. The molecule has 4 aromatic rings. The fraction of sp³-hybridized carbons (Fsp3) is 0.143. The Morgan fingerprint density at radius 1 is 1.07 bits per heavy atom. The molecule has 7 heteroatoms. The van der Waals surface area contributed by atoms with Crippen molar-refractivity contribution in [2.24, 2.45) is 0 Å². The first-order chi connectivity index (χ1) is 13.5. The molecule has 28 heavy (non-hydrogen) atoms. The van der Waals surface area contributed by atoms with Crippen molar-refractivity contribution in [2.45, 2.75) is 13.3 Å². The van der Waals surface area contributed by atoms with Crippen molar-refractivity contribution in [3.8, 4) is 5.75 Å². The molecule has 0 spiro atoms. The first-order valence-electron chi connectivity index (χ1n) is 8.67. The number of ether oxygens (including phenoxy) is 1. The van der Waals surface area contributed by atoms with Gasteiger partial charge in [-0.1, -0.05) is 53.3 Å². The van der Waals surface area contributed by atoms with Crippen molar-refractivity contribution in [2.75, 3.05) is 7.11 Å². The van der Waals surface area contributed by atoms with E-state index in [0.29, 0.717) is 15.9 Å². The molecule has 0 fully saturated rings. The first-order valence-corrected chi connectivity index (χ1v) is 9.49. The Labute approximate surface area is 164 Å². The highest BCUT2D eigenvalue weighted by Crippen LogP contribution is 2.13. The molecule has 0 saturated carbocycles. The van der Waals surface area contributed by atoms with E-state index in [9.17, 15) is 9.59 Å². The van der Waals surface area contributed by atoms with Crippen LogP contribution in [-0.4, -0.2) is 21.7 Å². The van der Waals surface area contributed by atoms with Gasteiger partial charge in [0.15, 0.2) is 0 Å². The lowest BCUT2D eigenvalue weighted by atomic mass is 10.1.